The first-order valence-electron chi connectivity index (χ1n) is 2.89. The molecule has 0 saturated carbocycles. The van der Waals surface area contributed by atoms with E-state index in [9.17, 15) is 4.21 Å². The highest BCUT2D eigenvalue weighted by Crippen LogP contribution is 2.39. The van der Waals surface area contributed by atoms with Crippen molar-refractivity contribution in [2.24, 2.45) is 0 Å². The molecule has 0 aliphatic carbocycles. The van der Waals surface area contributed by atoms with Crippen LogP contribution < -0.4 is 0 Å². The van der Waals surface area contributed by atoms with Crippen LogP contribution in [0.15, 0.2) is 11.0 Å². The monoisotopic (exact) mass is 278 g/mol. The largest absolute Gasteiger partial charge is 0.302 e. The van der Waals surface area contributed by atoms with E-state index in [0.29, 0.717) is 0 Å². The van der Waals surface area contributed by atoms with Gasteiger partial charge in [-0.1, -0.05) is 46.4 Å². The van der Waals surface area contributed by atoms with Gasteiger partial charge in [-0.3, -0.25) is 0 Å². The molecule has 72 valence electrons. The highest BCUT2D eigenvalue weighted by molar-refractivity contribution is 7.79. The summed E-state index contributed by atoms with van der Waals surface area (Å²) >= 11 is 20.3. The van der Waals surface area contributed by atoms with E-state index in [1.54, 1.807) is 0 Å². The van der Waals surface area contributed by atoms with Crippen molar-refractivity contribution in [2.45, 2.75) is 4.90 Å². The lowest BCUT2D eigenvalue weighted by atomic mass is 10.3. The zero-order valence-electron chi connectivity index (χ0n) is 5.85. The molecule has 13 heavy (non-hydrogen) atoms. The zero-order valence-corrected chi connectivity index (χ0v) is 9.69. The third kappa shape index (κ3) is 2.29. The van der Waals surface area contributed by atoms with Gasteiger partial charge < -0.3 is 4.55 Å². The van der Waals surface area contributed by atoms with Crippen molar-refractivity contribution in [3.05, 3.63) is 26.2 Å². The van der Waals surface area contributed by atoms with Crippen molar-refractivity contribution in [1.29, 1.82) is 0 Å². The van der Waals surface area contributed by atoms with Gasteiger partial charge >= 0.3 is 0 Å². The van der Waals surface area contributed by atoms with Crippen LogP contribution in [0.2, 0.25) is 20.1 Å². The second-order valence-corrected chi connectivity index (χ2v) is 4.53. The lowest BCUT2D eigenvalue weighted by molar-refractivity contribution is 0.564. The van der Waals surface area contributed by atoms with Gasteiger partial charge in [0.25, 0.3) is 0 Å². The standard InChI is InChI=1S/C6H2Cl4O2S/c7-2-1-3(13(11)12)5(9)6(10)4(2)8/h1H,(H,11,12). The number of hydrogen-bond acceptors (Lipinski definition) is 1. The van der Waals surface area contributed by atoms with Crippen molar-refractivity contribution in [2.75, 3.05) is 0 Å². The molecule has 0 saturated heterocycles. The Morgan fingerprint density at radius 1 is 1.08 bits per heavy atom. The fourth-order valence-corrected chi connectivity index (χ4v) is 2.27. The number of rotatable bonds is 1. The molecular formula is C6H2Cl4O2S. The molecule has 1 aromatic carbocycles. The lowest BCUT2D eigenvalue weighted by Crippen LogP contribution is -1.91. The molecule has 7 heteroatoms. The van der Waals surface area contributed by atoms with Gasteiger partial charge in [0.15, 0.2) is 11.1 Å². The molecule has 0 aromatic heterocycles. The minimum atomic E-state index is -2.23. The summed E-state index contributed by atoms with van der Waals surface area (Å²) in [6, 6.07) is 1.20. The lowest BCUT2D eigenvalue weighted by Gasteiger charge is -2.05. The van der Waals surface area contributed by atoms with Gasteiger partial charge in [0.2, 0.25) is 0 Å². The van der Waals surface area contributed by atoms with Gasteiger partial charge in [0.1, 0.15) is 0 Å². The van der Waals surface area contributed by atoms with Gasteiger partial charge in [0.05, 0.1) is 25.0 Å². The second-order valence-electron chi connectivity index (χ2n) is 2.05. The molecule has 1 aromatic rings. The Morgan fingerprint density at radius 3 is 2.08 bits per heavy atom. The third-order valence-corrected chi connectivity index (χ3v) is 3.82. The highest BCUT2D eigenvalue weighted by Gasteiger charge is 2.16. The Labute approximate surface area is 97.0 Å². The first-order valence-corrected chi connectivity index (χ1v) is 5.51. The molecule has 1 unspecified atom stereocenters. The van der Waals surface area contributed by atoms with E-state index >= 15 is 0 Å². The fraction of sp³-hybridized carbons (Fsp3) is 0. The summed E-state index contributed by atoms with van der Waals surface area (Å²) in [4.78, 5) is -0.0546. The van der Waals surface area contributed by atoms with Crippen LogP contribution in [0.1, 0.15) is 0 Å². The molecule has 0 fully saturated rings. The zero-order chi connectivity index (χ0) is 10.2. The first kappa shape index (κ1) is 11.6. The summed E-state index contributed by atoms with van der Waals surface area (Å²) in [5.41, 5.74) is 0. The van der Waals surface area contributed by atoms with Crippen LogP contribution in [0.4, 0.5) is 0 Å². The molecule has 0 bridgehead atoms. The summed E-state index contributed by atoms with van der Waals surface area (Å²) in [7, 11) is 0. The van der Waals surface area contributed by atoms with E-state index < -0.39 is 11.1 Å². The van der Waals surface area contributed by atoms with Crippen LogP contribution in [0.3, 0.4) is 0 Å². The van der Waals surface area contributed by atoms with Crippen molar-refractivity contribution < 1.29 is 8.76 Å². The predicted molar refractivity (Wildman–Crippen MR) is 55.5 cm³/mol. The molecule has 0 amide bonds. The van der Waals surface area contributed by atoms with Crippen molar-refractivity contribution >= 4 is 57.5 Å². The van der Waals surface area contributed by atoms with Gasteiger partial charge in [-0.15, -0.1) is 0 Å². The molecule has 0 heterocycles. The van der Waals surface area contributed by atoms with Crippen molar-refractivity contribution in [3.63, 3.8) is 0 Å². The topological polar surface area (TPSA) is 37.3 Å². The van der Waals surface area contributed by atoms with Crippen LogP contribution in [-0.4, -0.2) is 8.76 Å². The molecule has 1 atom stereocenters. The molecule has 0 spiro atoms. The Balaban J connectivity index is 3.50. The SMILES string of the molecule is O=S(O)c1cc(Cl)c(Cl)c(Cl)c1Cl. The maximum atomic E-state index is 10.7. The maximum Gasteiger partial charge on any atom is 0.188 e. The Hall–Kier alpha value is 0.490. The number of benzene rings is 1. The quantitative estimate of drug-likeness (QED) is 0.481. The van der Waals surface area contributed by atoms with Crippen molar-refractivity contribution in [1.82, 2.24) is 0 Å². The molecule has 1 N–H and O–H groups in total. The van der Waals surface area contributed by atoms with E-state index in [-0.39, 0.29) is 25.0 Å². The summed E-state index contributed by atoms with van der Waals surface area (Å²) in [6.45, 7) is 0. The van der Waals surface area contributed by atoms with Gasteiger partial charge in [-0.25, -0.2) is 4.21 Å². The number of hydrogen-bond donors (Lipinski definition) is 1. The summed E-state index contributed by atoms with van der Waals surface area (Å²) < 4.78 is 19.5. The smallest absolute Gasteiger partial charge is 0.188 e. The first-order chi connectivity index (χ1) is 5.95. The number of halogens is 4. The van der Waals surface area contributed by atoms with Crippen LogP contribution in [0, 0.1) is 0 Å². The Morgan fingerprint density at radius 2 is 1.62 bits per heavy atom. The minimum absolute atomic E-state index is 0.0202. The summed E-state index contributed by atoms with van der Waals surface area (Å²) in [6.07, 6.45) is 0. The average molecular weight is 280 g/mol. The van der Waals surface area contributed by atoms with E-state index in [0.717, 1.165) is 0 Å². The Bertz CT molecular complexity index is 379. The summed E-state index contributed by atoms with van der Waals surface area (Å²) in [5.74, 6) is 0. The molecular weight excluding hydrogens is 278 g/mol. The molecule has 0 aliphatic rings. The Kier molecular flexibility index (Phi) is 3.86. The van der Waals surface area contributed by atoms with E-state index in [4.69, 9.17) is 51.0 Å². The third-order valence-electron chi connectivity index (χ3n) is 1.26. The predicted octanol–water partition coefficient (Wildman–Crippen LogP) is 3.88. The van der Waals surface area contributed by atoms with Crippen LogP contribution in [0.5, 0.6) is 0 Å². The van der Waals surface area contributed by atoms with E-state index in [1.807, 2.05) is 0 Å². The van der Waals surface area contributed by atoms with Gasteiger partial charge in [0, 0.05) is 0 Å². The molecule has 0 aliphatic heterocycles. The molecule has 1 rings (SSSR count). The van der Waals surface area contributed by atoms with Crippen LogP contribution in [0.25, 0.3) is 0 Å². The van der Waals surface area contributed by atoms with E-state index in [1.165, 1.54) is 6.07 Å². The molecule has 2 nitrogen and oxygen atoms in total. The van der Waals surface area contributed by atoms with E-state index in [2.05, 4.69) is 0 Å². The normalized spacial score (nSPS) is 13.0. The highest BCUT2D eigenvalue weighted by atomic mass is 35.5. The van der Waals surface area contributed by atoms with Gasteiger partial charge in [-0.2, -0.15) is 0 Å². The minimum Gasteiger partial charge on any atom is -0.302 e. The van der Waals surface area contributed by atoms with Crippen LogP contribution in [-0.2, 0) is 11.1 Å². The van der Waals surface area contributed by atoms with Crippen LogP contribution >= 0.6 is 46.4 Å². The maximum absolute atomic E-state index is 10.7. The van der Waals surface area contributed by atoms with Gasteiger partial charge in [-0.05, 0) is 6.07 Å². The average Bonchev–Trinajstić information content (AvgIpc) is 2.07. The summed E-state index contributed by atoms with van der Waals surface area (Å²) in [5, 5.41) is 0.0844. The molecule has 0 radical (unpaired) electrons. The van der Waals surface area contributed by atoms with Crippen molar-refractivity contribution in [3.8, 4) is 0 Å². The fourth-order valence-electron chi connectivity index (χ4n) is 0.678. The second kappa shape index (κ2) is 4.34.